The fraction of sp³-hybridized carbons (Fsp3) is 0.400. The van der Waals surface area contributed by atoms with Crippen molar-refractivity contribution in [3.05, 3.63) is 29.3 Å². The second-order valence-electron chi connectivity index (χ2n) is 3.22. The zero-order chi connectivity index (χ0) is 8.43. The van der Waals surface area contributed by atoms with Crippen LogP contribution in [-0.2, 0) is 16.8 Å². The first-order chi connectivity index (χ1) is 5.11. The Morgan fingerprint density at radius 3 is 2.25 bits per heavy atom. The molecule has 0 aromatic heterocycles. The van der Waals surface area contributed by atoms with Gasteiger partial charge in [-0.15, -0.1) is 0 Å². The average Bonchev–Trinajstić information content (AvgIpc) is 1.85. The summed E-state index contributed by atoms with van der Waals surface area (Å²) in [7, 11) is 0. The van der Waals surface area contributed by atoms with E-state index in [-0.39, 0.29) is 16.8 Å². The van der Waals surface area contributed by atoms with Gasteiger partial charge in [0.2, 0.25) is 0 Å². The fourth-order valence-electron chi connectivity index (χ4n) is 1.14. The molecule has 0 unspecified atom stereocenters. The van der Waals surface area contributed by atoms with Crippen LogP contribution in [0, 0.1) is 6.92 Å². The molecule has 0 fully saturated rings. The van der Waals surface area contributed by atoms with Crippen molar-refractivity contribution in [3.8, 4) is 5.75 Å². The minimum atomic E-state index is 0. The molecule has 0 heterocycles. The summed E-state index contributed by atoms with van der Waals surface area (Å²) in [5.41, 5.74) is 2.13. The van der Waals surface area contributed by atoms with Crippen LogP contribution in [-0.4, -0.2) is 5.11 Å². The van der Waals surface area contributed by atoms with E-state index in [1.165, 1.54) is 0 Å². The first-order valence-corrected chi connectivity index (χ1v) is 3.91. The number of aromatic hydroxyl groups is 1. The van der Waals surface area contributed by atoms with E-state index in [0.717, 1.165) is 11.1 Å². The topological polar surface area (TPSA) is 20.2 Å². The summed E-state index contributed by atoms with van der Waals surface area (Å²) >= 11 is 0. The Balaban J connectivity index is 0.00000121. The summed E-state index contributed by atoms with van der Waals surface area (Å²) in [6.45, 7) is 6.12. The van der Waals surface area contributed by atoms with Gasteiger partial charge in [0.15, 0.2) is 0 Å². The summed E-state index contributed by atoms with van der Waals surface area (Å²) in [6.07, 6.45) is 0. The van der Waals surface area contributed by atoms with Crippen molar-refractivity contribution >= 4 is 0 Å². The molecule has 0 aliphatic rings. The number of phenols is 1. The Morgan fingerprint density at radius 2 is 1.83 bits per heavy atom. The van der Waals surface area contributed by atoms with Crippen molar-refractivity contribution in [2.45, 2.75) is 26.7 Å². The quantitative estimate of drug-likeness (QED) is 0.754. The van der Waals surface area contributed by atoms with Crippen LogP contribution in [0.15, 0.2) is 18.2 Å². The largest absolute Gasteiger partial charge is 0.508 e. The van der Waals surface area contributed by atoms with Gasteiger partial charge in [0, 0.05) is 16.8 Å². The number of aryl methyl sites for hydroxylation is 1. The number of phenolic OH excluding ortho intramolecular Hbond substituents is 1. The van der Waals surface area contributed by atoms with Crippen LogP contribution in [0.4, 0.5) is 0 Å². The molecule has 0 aliphatic heterocycles. The van der Waals surface area contributed by atoms with Gasteiger partial charge in [-0.25, -0.2) is 0 Å². The molecular formula is C10H14CoO. The van der Waals surface area contributed by atoms with Gasteiger partial charge in [0.1, 0.15) is 5.75 Å². The Labute approximate surface area is 84.0 Å². The minimum absolute atomic E-state index is 0. The van der Waals surface area contributed by atoms with Gasteiger partial charge in [-0.3, -0.25) is 0 Å². The normalized spacial score (nSPS) is 9.67. The average molecular weight is 209 g/mol. The molecule has 0 saturated heterocycles. The standard InChI is InChI=1S/C10H14O.Co/c1-7(2)9-5-4-8(3)6-10(9)11;/h4-7,11H,1-3H3;. The van der Waals surface area contributed by atoms with Crippen molar-refractivity contribution in [2.75, 3.05) is 0 Å². The SMILES string of the molecule is Cc1ccc(C(C)C)c(O)c1.[Co]. The maximum Gasteiger partial charge on any atom is 0.119 e. The predicted octanol–water partition coefficient (Wildman–Crippen LogP) is 2.82. The van der Waals surface area contributed by atoms with Gasteiger partial charge < -0.3 is 5.11 Å². The molecular weight excluding hydrogens is 195 g/mol. The monoisotopic (exact) mass is 209 g/mol. The van der Waals surface area contributed by atoms with Crippen molar-refractivity contribution < 1.29 is 21.9 Å². The number of hydrogen-bond donors (Lipinski definition) is 1. The number of benzene rings is 1. The van der Waals surface area contributed by atoms with E-state index in [0.29, 0.717) is 11.7 Å². The summed E-state index contributed by atoms with van der Waals surface area (Å²) in [6, 6.07) is 5.81. The zero-order valence-electron chi connectivity index (χ0n) is 7.59. The van der Waals surface area contributed by atoms with Crippen LogP contribution < -0.4 is 0 Å². The predicted molar refractivity (Wildman–Crippen MR) is 46.9 cm³/mol. The van der Waals surface area contributed by atoms with Crippen LogP contribution in [0.5, 0.6) is 5.75 Å². The van der Waals surface area contributed by atoms with E-state index in [9.17, 15) is 5.11 Å². The number of rotatable bonds is 1. The van der Waals surface area contributed by atoms with Gasteiger partial charge in [0.05, 0.1) is 0 Å². The summed E-state index contributed by atoms with van der Waals surface area (Å²) in [4.78, 5) is 0. The van der Waals surface area contributed by atoms with Gasteiger partial charge >= 0.3 is 0 Å². The smallest absolute Gasteiger partial charge is 0.119 e. The molecule has 0 atom stereocenters. The third-order valence-corrected chi connectivity index (χ3v) is 1.81. The van der Waals surface area contributed by atoms with Gasteiger partial charge in [-0.05, 0) is 30.0 Å². The van der Waals surface area contributed by atoms with Crippen molar-refractivity contribution in [3.63, 3.8) is 0 Å². The molecule has 0 aliphatic carbocycles. The van der Waals surface area contributed by atoms with E-state index < -0.39 is 0 Å². The Morgan fingerprint density at radius 1 is 1.25 bits per heavy atom. The Kier molecular flexibility index (Phi) is 4.35. The fourth-order valence-corrected chi connectivity index (χ4v) is 1.14. The van der Waals surface area contributed by atoms with Crippen LogP contribution in [0.2, 0.25) is 0 Å². The number of hydrogen-bond acceptors (Lipinski definition) is 1. The zero-order valence-corrected chi connectivity index (χ0v) is 8.63. The molecule has 69 valence electrons. The van der Waals surface area contributed by atoms with E-state index in [4.69, 9.17) is 0 Å². The van der Waals surface area contributed by atoms with Crippen LogP contribution in [0.3, 0.4) is 0 Å². The molecule has 0 saturated carbocycles. The van der Waals surface area contributed by atoms with Crippen LogP contribution in [0.25, 0.3) is 0 Å². The van der Waals surface area contributed by atoms with Crippen molar-refractivity contribution in [2.24, 2.45) is 0 Å². The van der Waals surface area contributed by atoms with Gasteiger partial charge in [-0.2, -0.15) is 0 Å². The summed E-state index contributed by atoms with van der Waals surface area (Å²) < 4.78 is 0. The van der Waals surface area contributed by atoms with Crippen molar-refractivity contribution in [1.29, 1.82) is 0 Å². The van der Waals surface area contributed by atoms with Crippen LogP contribution >= 0.6 is 0 Å². The summed E-state index contributed by atoms with van der Waals surface area (Å²) in [5, 5.41) is 9.46. The third-order valence-electron chi connectivity index (χ3n) is 1.81. The Bertz CT molecular complexity index is 256. The minimum Gasteiger partial charge on any atom is -0.508 e. The molecule has 0 spiro atoms. The van der Waals surface area contributed by atoms with Crippen molar-refractivity contribution in [1.82, 2.24) is 0 Å². The molecule has 1 rings (SSSR count). The maximum atomic E-state index is 9.46. The second kappa shape index (κ2) is 4.53. The molecule has 1 aromatic carbocycles. The second-order valence-corrected chi connectivity index (χ2v) is 3.22. The van der Waals surface area contributed by atoms with E-state index in [1.54, 1.807) is 6.07 Å². The molecule has 12 heavy (non-hydrogen) atoms. The molecule has 0 bridgehead atoms. The Hall–Kier alpha value is -0.474. The van der Waals surface area contributed by atoms with E-state index in [2.05, 4.69) is 13.8 Å². The first kappa shape index (κ1) is 11.5. The molecule has 1 N–H and O–H groups in total. The van der Waals surface area contributed by atoms with Gasteiger partial charge in [-0.1, -0.05) is 26.0 Å². The van der Waals surface area contributed by atoms with Gasteiger partial charge in [0.25, 0.3) is 0 Å². The summed E-state index contributed by atoms with van der Waals surface area (Å²) in [5.74, 6) is 0.815. The van der Waals surface area contributed by atoms with E-state index >= 15 is 0 Å². The molecule has 1 radical (unpaired) electrons. The molecule has 1 nitrogen and oxygen atoms in total. The molecule has 0 amide bonds. The first-order valence-electron chi connectivity index (χ1n) is 3.91. The van der Waals surface area contributed by atoms with Crippen LogP contribution in [0.1, 0.15) is 30.9 Å². The van der Waals surface area contributed by atoms with E-state index in [1.807, 2.05) is 19.1 Å². The molecule has 1 aromatic rings. The maximum absolute atomic E-state index is 9.46. The third kappa shape index (κ3) is 2.54. The molecule has 2 heteroatoms.